The van der Waals surface area contributed by atoms with E-state index >= 15 is 0 Å². The lowest BCUT2D eigenvalue weighted by Gasteiger charge is -1.56. The Hall–Kier alpha value is -0.300. The summed E-state index contributed by atoms with van der Waals surface area (Å²) in [5.41, 5.74) is 1.44. The molecule has 0 aliphatic heterocycles. The summed E-state index contributed by atoms with van der Waals surface area (Å²) < 4.78 is 0. The highest BCUT2D eigenvalue weighted by molar-refractivity contribution is 7.11. The van der Waals surface area contributed by atoms with Gasteiger partial charge < -0.3 is 0 Å². The molecule has 2 rings (SSSR count). The Morgan fingerprint density at radius 1 is 1.50 bits per heavy atom. The zero-order valence-electron chi connectivity index (χ0n) is 3.14. The molecule has 0 nitrogen and oxygen atoms in total. The minimum Gasteiger partial charge on any atom is -0.148 e. The second-order valence-electron chi connectivity index (χ2n) is 1.38. The summed E-state index contributed by atoms with van der Waals surface area (Å²) in [5.74, 6) is 0. The maximum Gasteiger partial charge on any atom is 0.0315 e. The second kappa shape index (κ2) is 0.684. The molecule has 1 aliphatic carbocycles. The van der Waals surface area contributed by atoms with Gasteiger partial charge in [0, 0.05) is 11.3 Å². The van der Waals surface area contributed by atoms with E-state index in [-0.39, 0.29) is 0 Å². The smallest absolute Gasteiger partial charge is 0.0315 e. The molecule has 0 bridgehead atoms. The summed E-state index contributed by atoms with van der Waals surface area (Å²) >= 11 is 1.81. The van der Waals surface area contributed by atoms with Crippen LogP contribution < -0.4 is 0 Å². The molecule has 0 aromatic carbocycles. The normalized spacial score (nSPS) is 14.0. The highest BCUT2D eigenvalue weighted by Crippen LogP contribution is 2.35. The zero-order valence-corrected chi connectivity index (χ0v) is 3.96. The van der Waals surface area contributed by atoms with E-state index in [9.17, 15) is 0 Å². The highest BCUT2D eigenvalue weighted by atomic mass is 32.1. The fourth-order valence-corrected chi connectivity index (χ4v) is 1.28. The molecule has 1 aromatic rings. The van der Waals surface area contributed by atoms with Crippen molar-refractivity contribution in [1.82, 2.24) is 0 Å². The fourth-order valence-electron chi connectivity index (χ4n) is 0.518. The molecular formula is C5H3S. The predicted molar refractivity (Wildman–Crippen MR) is 26.8 cm³/mol. The monoisotopic (exact) mass is 95.0 g/mol. The molecule has 1 heterocycles. The average Bonchev–Trinajstić information content (AvgIpc) is 2.17. The molecule has 6 heavy (non-hydrogen) atoms. The van der Waals surface area contributed by atoms with Crippen LogP contribution in [0.3, 0.4) is 0 Å². The van der Waals surface area contributed by atoms with E-state index in [2.05, 4.69) is 17.9 Å². The van der Waals surface area contributed by atoms with Crippen molar-refractivity contribution in [3.8, 4) is 0 Å². The molecule has 1 aliphatic rings. The number of rotatable bonds is 0. The minimum atomic E-state index is 1.44. The SMILES string of the molecule is [CH]1c2ccsc21. The largest absolute Gasteiger partial charge is 0.148 e. The lowest BCUT2D eigenvalue weighted by atomic mass is 10.6. The minimum absolute atomic E-state index is 1.44. The van der Waals surface area contributed by atoms with Gasteiger partial charge >= 0.3 is 0 Å². The Labute approximate surface area is 40.4 Å². The summed E-state index contributed by atoms with van der Waals surface area (Å²) in [4.78, 5) is 1.47. The van der Waals surface area contributed by atoms with Crippen molar-refractivity contribution >= 4 is 11.3 Å². The first-order valence-electron chi connectivity index (χ1n) is 1.89. The topological polar surface area (TPSA) is 0 Å². The molecular weight excluding hydrogens is 92.1 g/mol. The van der Waals surface area contributed by atoms with Crippen molar-refractivity contribution in [2.45, 2.75) is 0 Å². The van der Waals surface area contributed by atoms with Gasteiger partial charge in [0.25, 0.3) is 0 Å². The molecule has 0 fully saturated rings. The van der Waals surface area contributed by atoms with Crippen LogP contribution in [0.15, 0.2) is 11.4 Å². The maximum absolute atomic E-state index is 2.19. The number of thiophene rings is 1. The van der Waals surface area contributed by atoms with Gasteiger partial charge in [-0.1, -0.05) is 0 Å². The van der Waals surface area contributed by atoms with E-state index in [4.69, 9.17) is 0 Å². The molecule has 0 spiro atoms. The first-order valence-corrected chi connectivity index (χ1v) is 2.77. The van der Waals surface area contributed by atoms with Crippen molar-refractivity contribution in [2.75, 3.05) is 0 Å². The lowest BCUT2D eigenvalue weighted by molar-refractivity contribution is 1.96. The molecule has 1 aromatic heterocycles. The van der Waals surface area contributed by atoms with Gasteiger partial charge in [0.2, 0.25) is 0 Å². The zero-order chi connectivity index (χ0) is 3.98. The molecule has 0 N–H and O–H groups in total. The van der Waals surface area contributed by atoms with Gasteiger partial charge in [-0.05, 0) is 17.0 Å². The second-order valence-corrected chi connectivity index (χ2v) is 2.33. The van der Waals surface area contributed by atoms with Gasteiger partial charge in [-0.25, -0.2) is 0 Å². The standard InChI is InChI=1S/C5H3S/c1-2-6-5-3-4(1)5/h1-3H. The Morgan fingerprint density at radius 2 is 2.50 bits per heavy atom. The third kappa shape index (κ3) is 0.197. The van der Waals surface area contributed by atoms with Crippen LogP contribution in [0, 0.1) is 6.42 Å². The molecule has 1 heteroatoms. The van der Waals surface area contributed by atoms with Gasteiger partial charge in [0.1, 0.15) is 0 Å². The molecule has 0 saturated heterocycles. The third-order valence-corrected chi connectivity index (χ3v) is 1.81. The van der Waals surface area contributed by atoms with Gasteiger partial charge in [0.05, 0.1) is 0 Å². The summed E-state index contributed by atoms with van der Waals surface area (Å²) in [6.07, 6.45) is 2.19. The van der Waals surface area contributed by atoms with Crippen LogP contribution >= 0.6 is 11.3 Å². The van der Waals surface area contributed by atoms with Crippen LogP contribution in [0.5, 0.6) is 0 Å². The average molecular weight is 95.1 g/mol. The van der Waals surface area contributed by atoms with E-state index in [0.717, 1.165) is 0 Å². The van der Waals surface area contributed by atoms with Gasteiger partial charge in [0.15, 0.2) is 0 Å². The summed E-state index contributed by atoms with van der Waals surface area (Å²) in [6.45, 7) is 0. The fraction of sp³-hybridized carbons (Fsp3) is 0. The molecule has 0 unspecified atom stereocenters. The Morgan fingerprint density at radius 3 is 2.67 bits per heavy atom. The van der Waals surface area contributed by atoms with Gasteiger partial charge in [-0.15, -0.1) is 11.3 Å². The summed E-state index contributed by atoms with van der Waals surface area (Å²) in [6, 6.07) is 2.14. The van der Waals surface area contributed by atoms with Crippen molar-refractivity contribution in [3.63, 3.8) is 0 Å². The van der Waals surface area contributed by atoms with Crippen LogP contribution in [0.1, 0.15) is 10.4 Å². The van der Waals surface area contributed by atoms with Gasteiger partial charge in [-0.3, -0.25) is 0 Å². The Kier molecular flexibility index (Phi) is 0.320. The number of fused-ring (bicyclic) bond motifs is 1. The molecule has 0 saturated carbocycles. The van der Waals surface area contributed by atoms with Crippen molar-refractivity contribution in [3.05, 3.63) is 28.3 Å². The molecule has 0 atom stereocenters. The van der Waals surface area contributed by atoms with E-state index in [1.807, 2.05) is 11.3 Å². The lowest BCUT2D eigenvalue weighted by Crippen LogP contribution is -1.34. The van der Waals surface area contributed by atoms with Gasteiger partial charge in [-0.2, -0.15) is 0 Å². The quantitative estimate of drug-likeness (QED) is 0.467. The first kappa shape index (κ1) is 2.80. The molecule has 0 amide bonds. The van der Waals surface area contributed by atoms with Crippen molar-refractivity contribution < 1.29 is 0 Å². The van der Waals surface area contributed by atoms with E-state index in [1.54, 1.807) is 0 Å². The third-order valence-electron chi connectivity index (χ3n) is 0.930. The number of hydrogen-bond donors (Lipinski definition) is 0. The Bertz CT molecular complexity index is 148. The van der Waals surface area contributed by atoms with Crippen molar-refractivity contribution in [2.24, 2.45) is 0 Å². The number of hydrogen-bond acceptors (Lipinski definition) is 1. The molecule has 29 valence electrons. The van der Waals surface area contributed by atoms with Crippen LogP contribution in [0.2, 0.25) is 0 Å². The van der Waals surface area contributed by atoms with Crippen molar-refractivity contribution in [1.29, 1.82) is 0 Å². The Balaban J connectivity index is 2.88. The van der Waals surface area contributed by atoms with E-state index < -0.39 is 0 Å². The first-order chi connectivity index (χ1) is 2.97. The maximum atomic E-state index is 2.19. The van der Waals surface area contributed by atoms with Crippen LogP contribution in [-0.2, 0) is 0 Å². The molecule has 1 radical (unpaired) electrons. The van der Waals surface area contributed by atoms with Crippen LogP contribution in [-0.4, -0.2) is 0 Å². The van der Waals surface area contributed by atoms with E-state index in [1.165, 1.54) is 10.4 Å². The highest BCUT2D eigenvalue weighted by Gasteiger charge is 2.16. The van der Waals surface area contributed by atoms with E-state index in [0.29, 0.717) is 0 Å². The summed E-state index contributed by atoms with van der Waals surface area (Å²) in [5, 5.41) is 2.12. The van der Waals surface area contributed by atoms with Crippen LogP contribution in [0.4, 0.5) is 0 Å². The van der Waals surface area contributed by atoms with Crippen LogP contribution in [0.25, 0.3) is 0 Å². The predicted octanol–water partition coefficient (Wildman–Crippen LogP) is 1.66. The summed E-state index contributed by atoms with van der Waals surface area (Å²) in [7, 11) is 0.